The Morgan fingerprint density at radius 3 is 2.24 bits per heavy atom. The van der Waals surface area contributed by atoms with Gasteiger partial charge in [-0.1, -0.05) is 64.4 Å². The molecule has 0 unspecified atom stereocenters. The molecule has 1 aliphatic rings. The molecule has 0 saturated heterocycles. The number of rotatable bonds is 1. The van der Waals surface area contributed by atoms with E-state index in [4.69, 9.17) is 0 Å². The fraction of sp³-hybridized carbons (Fsp3) is 0.481. The molecule has 0 fully saturated rings. The van der Waals surface area contributed by atoms with Gasteiger partial charge >= 0.3 is 0 Å². The monoisotopic (exact) mass is 390 g/mol. The molecule has 0 spiro atoms. The van der Waals surface area contributed by atoms with Crippen LogP contribution in [0.4, 0.5) is 5.69 Å². The molecule has 1 aliphatic heterocycles. The van der Waals surface area contributed by atoms with Crippen molar-refractivity contribution < 1.29 is 0 Å². The summed E-state index contributed by atoms with van der Waals surface area (Å²) in [5, 5.41) is 7.55. The lowest BCUT2D eigenvalue weighted by Crippen LogP contribution is -2.54. The summed E-state index contributed by atoms with van der Waals surface area (Å²) in [4.78, 5) is 0. The molecule has 2 heteroatoms. The van der Waals surface area contributed by atoms with Gasteiger partial charge in [0.25, 0.3) is 0 Å². The van der Waals surface area contributed by atoms with Crippen molar-refractivity contribution in [1.29, 1.82) is 0 Å². The fourth-order valence-electron chi connectivity index (χ4n) is 4.37. The van der Waals surface area contributed by atoms with E-state index in [1.54, 1.807) is 0 Å². The van der Waals surface area contributed by atoms with Crippen LogP contribution in [-0.4, -0.2) is 5.54 Å². The standard InChI is InChI=1S/C27H38N2/c1-18-13-14-24-22(15-18)21-11-10-12-23(19(21)2)26(6,7)27(8,9)29-20(17-28-24)16-25(3,4)5/h10-15,17,28-29H,16H2,1-9H3/b20-17-. The van der Waals surface area contributed by atoms with E-state index in [1.807, 2.05) is 0 Å². The maximum absolute atomic E-state index is 3.91. The lowest BCUT2D eigenvalue weighted by Gasteiger charge is -2.45. The molecular weight excluding hydrogens is 352 g/mol. The van der Waals surface area contributed by atoms with Crippen LogP contribution in [0.5, 0.6) is 0 Å². The first-order valence-electron chi connectivity index (χ1n) is 10.8. The number of hydrogen-bond acceptors (Lipinski definition) is 2. The van der Waals surface area contributed by atoms with Gasteiger partial charge in [-0.25, -0.2) is 0 Å². The van der Waals surface area contributed by atoms with E-state index in [9.17, 15) is 0 Å². The molecular formula is C27H38N2. The number of allylic oxidation sites excluding steroid dienone is 1. The number of aryl methyl sites for hydroxylation is 1. The topological polar surface area (TPSA) is 24.1 Å². The van der Waals surface area contributed by atoms with Crippen molar-refractivity contribution in [3.8, 4) is 11.1 Å². The van der Waals surface area contributed by atoms with Gasteiger partial charge in [0.05, 0.1) is 0 Å². The van der Waals surface area contributed by atoms with E-state index < -0.39 is 0 Å². The zero-order valence-corrected chi connectivity index (χ0v) is 19.7. The van der Waals surface area contributed by atoms with E-state index >= 15 is 0 Å². The lowest BCUT2D eigenvalue weighted by molar-refractivity contribution is 0.246. The molecule has 2 nitrogen and oxygen atoms in total. The van der Waals surface area contributed by atoms with Crippen LogP contribution in [0.25, 0.3) is 11.1 Å². The normalized spacial score (nSPS) is 19.7. The Balaban J connectivity index is 2.29. The second-order valence-corrected chi connectivity index (χ2v) is 11.0. The number of fused-ring (bicyclic) bond motifs is 4. The number of benzene rings is 2. The van der Waals surface area contributed by atoms with Gasteiger partial charge in [-0.15, -0.1) is 0 Å². The van der Waals surface area contributed by atoms with Gasteiger partial charge in [-0.2, -0.15) is 0 Å². The Morgan fingerprint density at radius 1 is 0.897 bits per heavy atom. The quantitative estimate of drug-likeness (QED) is 0.533. The van der Waals surface area contributed by atoms with Crippen molar-refractivity contribution in [3.63, 3.8) is 0 Å². The van der Waals surface area contributed by atoms with Crippen LogP contribution >= 0.6 is 0 Å². The van der Waals surface area contributed by atoms with E-state index in [1.165, 1.54) is 33.5 Å². The van der Waals surface area contributed by atoms with Crippen molar-refractivity contribution in [2.75, 3.05) is 5.32 Å². The summed E-state index contributed by atoms with van der Waals surface area (Å²) < 4.78 is 0. The second kappa shape index (κ2) is 7.23. The lowest BCUT2D eigenvalue weighted by atomic mass is 9.67. The predicted octanol–water partition coefficient (Wildman–Crippen LogP) is 7.32. The number of hydrogen-bond donors (Lipinski definition) is 2. The highest BCUT2D eigenvalue weighted by Crippen LogP contribution is 2.42. The van der Waals surface area contributed by atoms with Gasteiger partial charge in [0.15, 0.2) is 0 Å². The molecule has 29 heavy (non-hydrogen) atoms. The average molecular weight is 391 g/mol. The largest absolute Gasteiger partial charge is 0.381 e. The van der Waals surface area contributed by atoms with Crippen LogP contribution in [0.3, 0.4) is 0 Å². The molecule has 0 amide bonds. The molecule has 1 heterocycles. The zero-order chi connectivity index (χ0) is 21.6. The first-order valence-corrected chi connectivity index (χ1v) is 10.8. The molecule has 0 atom stereocenters. The highest BCUT2D eigenvalue weighted by molar-refractivity contribution is 5.82. The molecule has 2 aromatic rings. The summed E-state index contributed by atoms with van der Waals surface area (Å²) in [5.74, 6) is 0. The minimum Gasteiger partial charge on any atom is -0.381 e. The Bertz CT molecular complexity index is 939. The molecule has 0 aromatic heterocycles. The molecule has 2 N–H and O–H groups in total. The van der Waals surface area contributed by atoms with Gasteiger partial charge in [0.1, 0.15) is 0 Å². The molecule has 156 valence electrons. The molecule has 0 saturated carbocycles. The SMILES string of the molecule is Cc1ccc2c(c1)-c1cccc(c1C)C(C)(C)C(C)(C)N/C(CC(C)(C)C)=C\N2. The predicted molar refractivity (Wildman–Crippen MR) is 127 cm³/mol. The van der Waals surface area contributed by atoms with Crippen LogP contribution in [0.15, 0.2) is 48.3 Å². The van der Waals surface area contributed by atoms with Gasteiger partial charge < -0.3 is 10.6 Å². The molecule has 3 rings (SSSR count). The summed E-state index contributed by atoms with van der Waals surface area (Å²) in [6, 6.07) is 13.5. The molecule has 2 bridgehead atoms. The van der Waals surface area contributed by atoms with Crippen LogP contribution in [0.1, 0.15) is 71.6 Å². The van der Waals surface area contributed by atoms with E-state index in [-0.39, 0.29) is 16.4 Å². The Morgan fingerprint density at radius 2 is 1.59 bits per heavy atom. The van der Waals surface area contributed by atoms with E-state index in [2.05, 4.69) is 116 Å². The van der Waals surface area contributed by atoms with Gasteiger partial charge in [-0.3, -0.25) is 0 Å². The van der Waals surface area contributed by atoms with Crippen molar-refractivity contribution in [2.24, 2.45) is 5.41 Å². The molecule has 2 aromatic carbocycles. The Labute approximate surface area is 177 Å². The Hall–Kier alpha value is -2.22. The first kappa shape index (κ1) is 21.5. The third kappa shape index (κ3) is 4.22. The highest BCUT2D eigenvalue weighted by Gasteiger charge is 2.40. The third-order valence-electron chi connectivity index (χ3n) is 6.63. The fourth-order valence-corrected chi connectivity index (χ4v) is 4.37. The maximum atomic E-state index is 3.91. The summed E-state index contributed by atoms with van der Waals surface area (Å²) in [6.45, 7) is 20.7. The van der Waals surface area contributed by atoms with Gasteiger partial charge in [0, 0.05) is 34.1 Å². The summed E-state index contributed by atoms with van der Waals surface area (Å²) >= 11 is 0. The van der Waals surface area contributed by atoms with Crippen LogP contribution < -0.4 is 10.6 Å². The second-order valence-electron chi connectivity index (χ2n) is 11.0. The van der Waals surface area contributed by atoms with Crippen LogP contribution in [0.2, 0.25) is 0 Å². The molecule has 0 aliphatic carbocycles. The van der Waals surface area contributed by atoms with E-state index in [0.717, 1.165) is 12.1 Å². The minimum atomic E-state index is -0.123. The maximum Gasteiger partial charge on any atom is 0.0460 e. The zero-order valence-electron chi connectivity index (χ0n) is 19.7. The molecule has 0 radical (unpaired) electrons. The van der Waals surface area contributed by atoms with Crippen molar-refractivity contribution in [1.82, 2.24) is 5.32 Å². The van der Waals surface area contributed by atoms with Crippen molar-refractivity contribution >= 4 is 5.69 Å². The van der Waals surface area contributed by atoms with Crippen molar-refractivity contribution in [3.05, 3.63) is 65.0 Å². The smallest absolute Gasteiger partial charge is 0.0460 e. The van der Waals surface area contributed by atoms with Crippen molar-refractivity contribution in [2.45, 2.75) is 79.7 Å². The highest BCUT2D eigenvalue weighted by atomic mass is 15.0. The summed E-state index contributed by atoms with van der Waals surface area (Å²) in [6.07, 6.45) is 3.16. The summed E-state index contributed by atoms with van der Waals surface area (Å²) in [5.41, 5.74) is 9.04. The number of nitrogens with one attached hydrogen (secondary N) is 2. The van der Waals surface area contributed by atoms with Crippen LogP contribution in [-0.2, 0) is 5.41 Å². The number of anilines is 1. The third-order valence-corrected chi connectivity index (χ3v) is 6.63. The summed E-state index contributed by atoms with van der Waals surface area (Å²) in [7, 11) is 0. The van der Waals surface area contributed by atoms with E-state index in [0.29, 0.717) is 0 Å². The van der Waals surface area contributed by atoms with Gasteiger partial charge in [-0.05, 0) is 68.4 Å². The van der Waals surface area contributed by atoms with Gasteiger partial charge in [0.2, 0.25) is 0 Å². The van der Waals surface area contributed by atoms with Crippen LogP contribution in [0, 0.1) is 19.3 Å². The Kier molecular flexibility index (Phi) is 5.36. The average Bonchev–Trinajstić information content (AvgIpc) is 2.58. The first-order chi connectivity index (χ1) is 13.3. The minimum absolute atomic E-state index is 0.0571.